The van der Waals surface area contributed by atoms with Crippen molar-refractivity contribution in [3.63, 3.8) is 0 Å². The van der Waals surface area contributed by atoms with Gasteiger partial charge < -0.3 is 20.5 Å². The third-order valence-electron chi connectivity index (χ3n) is 7.51. The molecule has 0 rings (SSSR count). The Hall–Kier alpha value is -1.37. The van der Waals surface area contributed by atoms with E-state index >= 15 is 0 Å². The summed E-state index contributed by atoms with van der Waals surface area (Å²) in [6, 6.07) is -0.853. The number of hydrogen-bond donors (Lipinski definition) is 3. The highest BCUT2D eigenvalue weighted by atomic mass is 32.2. The zero-order chi connectivity index (χ0) is 33.6. The molecule has 0 aliphatic rings. The number of amides is 1. The van der Waals surface area contributed by atoms with Crippen LogP contribution in [0.2, 0.25) is 0 Å². The minimum Gasteiger partial charge on any atom is -0.462 e. The second-order valence-corrected chi connectivity index (χ2v) is 14.7. The highest BCUT2D eigenvalue weighted by molar-refractivity contribution is 7.99. The highest BCUT2D eigenvalue weighted by Crippen LogP contribution is 2.14. The molecule has 0 heterocycles. The van der Waals surface area contributed by atoms with E-state index in [1.54, 1.807) is 0 Å². The largest absolute Gasteiger partial charge is 0.462 e. The smallest absolute Gasteiger partial charge is 0.306 e. The maximum atomic E-state index is 12.6. The van der Waals surface area contributed by atoms with Crippen LogP contribution in [0.25, 0.3) is 0 Å². The van der Waals surface area contributed by atoms with Crippen molar-refractivity contribution < 1.29 is 36.8 Å². The zero-order valence-electron chi connectivity index (χ0n) is 28.2. The van der Waals surface area contributed by atoms with Crippen LogP contribution in [0.4, 0.5) is 0 Å². The van der Waals surface area contributed by atoms with Gasteiger partial charge in [0.05, 0.1) is 11.8 Å². The van der Waals surface area contributed by atoms with Crippen LogP contribution >= 0.6 is 11.8 Å². The van der Waals surface area contributed by atoms with Crippen molar-refractivity contribution in [2.24, 2.45) is 5.73 Å². The standard InChI is InChI=1S/C33H64N2O8S2/c1-3-5-7-9-11-13-15-17-19-22-31(36)42-26-29(43-32(37)23-20-18-16-14-12-10-8-6-4-2)27-44-28-30(34)33(38)35-24-21-25-45(39,40)41/h29-30H,3-28,34H2,1-2H3,(H,35,38)(H,39,40,41)/t29-,30-/m0/s1. The summed E-state index contributed by atoms with van der Waals surface area (Å²) >= 11 is 1.32. The Bertz CT molecular complexity index is 858. The fraction of sp³-hybridized carbons (Fsp3) is 0.909. The summed E-state index contributed by atoms with van der Waals surface area (Å²) in [4.78, 5) is 37.1. The molecule has 2 atom stereocenters. The van der Waals surface area contributed by atoms with Gasteiger partial charge in [-0.1, -0.05) is 117 Å². The second-order valence-electron chi connectivity index (χ2n) is 12.0. The Labute approximate surface area is 278 Å². The third-order valence-corrected chi connectivity index (χ3v) is 9.52. The Morgan fingerprint density at radius 3 is 1.67 bits per heavy atom. The van der Waals surface area contributed by atoms with Crippen molar-refractivity contribution in [1.82, 2.24) is 5.32 Å². The number of ether oxygens (including phenoxy) is 2. The van der Waals surface area contributed by atoms with Crippen LogP contribution in [-0.4, -0.2) is 73.4 Å². The molecule has 10 nitrogen and oxygen atoms in total. The molecule has 4 N–H and O–H groups in total. The first-order chi connectivity index (χ1) is 21.6. The topological polar surface area (TPSA) is 162 Å². The van der Waals surface area contributed by atoms with E-state index in [0.717, 1.165) is 38.5 Å². The highest BCUT2D eigenvalue weighted by Gasteiger charge is 2.20. The van der Waals surface area contributed by atoms with Crippen LogP contribution in [0, 0.1) is 0 Å². The molecular weight excluding hydrogens is 617 g/mol. The summed E-state index contributed by atoms with van der Waals surface area (Å²) in [6.45, 7) is 4.46. The lowest BCUT2D eigenvalue weighted by molar-refractivity contribution is -0.157. The molecule has 0 aliphatic carbocycles. The molecule has 45 heavy (non-hydrogen) atoms. The first kappa shape index (κ1) is 43.6. The van der Waals surface area contributed by atoms with Gasteiger partial charge in [-0.3, -0.25) is 18.9 Å². The lowest BCUT2D eigenvalue weighted by Crippen LogP contribution is -2.43. The van der Waals surface area contributed by atoms with Gasteiger partial charge in [0.25, 0.3) is 10.1 Å². The number of unbranched alkanes of at least 4 members (excludes halogenated alkanes) is 16. The van der Waals surface area contributed by atoms with Crippen LogP contribution in [-0.2, 0) is 34.0 Å². The maximum absolute atomic E-state index is 12.6. The lowest BCUT2D eigenvalue weighted by atomic mass is 10.1. The average Bonchev–Trinajstić information content (AvgIpc) is 2.99. The van der Waals surface area contributed by atoms with Crippen molar-refractivity contribution in [1.29, 1.82) is 0 Å². The summed E-state index contributed by atoms with van der Waals surface area (Å²) < 4.78 is 41.5. The molecule has 0 saturated heterocycles. The summed E-state index contributed by atoms with van der Waals surface area (Å²) in [6.07, 6.45) is 20.9. The molecular formula is C33H64N2O8S2. The predicted molar refractivity (Wildman–Crippen MR) is 184 cm³/mol. The van der Waals surface area contributed by atoms with Crippen LogP contribution in [0.15, 0.2) is 0 Å². The average molecular weight is 681 g/mol. The van der Waals surface area contributed by atoms with Gasteiger partial charge in [-0.2, -0.15) is 20.2 Å². The number of carbonyl (C=O) groups excluding carboxylic acids is 3. The maximum Gasteiger partial charge on any atom is 0.306 e. The molecule has 266 valence electrons. The van der Waals surface area contributed by atoms with Crippen LogP contribution in [0.3, 0.4) is 0 Å². The molecule has 12 heteroatoms. The molecule has 0 aromatic carbocycles. The molecule has 0 aromatic rings. The fourth-order valence-corrected chi connectivity index (χ4v) is 6.26. The van der Waals surface area contributed by atoms with Gasteiger partial charge in [0.15, 0.2) is 0 Å². The van der Waals surface area contributed by atoms with E-state index < -0.39 is 33.9 Å². The number of nitrogens with one attached hydrogen (secondary N) is 1. The number of esters is 2. The first-order valence-electron chi connectivity index (χ1n) is 17.5. The summed E-state index contributed by atoms with van der Waals surface area (Å²) in [7, 11) is -4.08. The fourth-order valence-electron chi connectivity index (χ4n) is 4.78. The number of nitrogens with two attached hydrogens (primary N) is 1. The van der Waals surface area contributed by atoms with Crippen LogP contribution in [0.5, 0.6) is 0 Å². The summed E-state index contributed by atoms with van der Waals surface area (Å²) in [5.41, 5.74) is 5.96. The first-order valence-corrected chi connectivity index (χ1v) is 20.3. The van der Waals surface area contributed by atoms with Crippen molar-refractivity contribution in [2.45, 2.75) is 161 Å². The van der Waals surface area contributed by atoms with Crippen LogP contribution < -0.4 is 11.1 Å². The predicted octanol–water partition coefficient (Wildman–Crippen LogP) is 6.74. The minimum atomic E-state index is -4.08. The van der Waals surface area contributed by atoms with Gasteiger partial charge in [0.2, 0.25) is 5.91 Å². The van der Waals surface area contributed by atoms with Gasteiger partial charge in [-0.05, 0) is 19.3 Å². The third kappa shape index (κ3) is 31.0. The molecule has 0 saturated carbocycles. The van der Waals surface area contributed by atoms with Gasteiger partial charge in [0.1, 0.15) is 12.7 Å². The van der Waals surface area contributed by atoms with E-state index in [-0.39, 0.29) is 37.3 Å². The van der Waals surface area contributed by atoms with Crippen molar-refractivity contribution in [3.05, 3.63) is 0 Å². The van der Waals surface area contributed by atoms with Gasteiger partial charge >= 0.3 is 11.9 Å². The van der Waals surface area contributed by atoms with E-state index in [2.05, 4.69) is 19.2 Å². The van der Waals surface area contributed by atoms with Crippen molar-refractivity contribution in [2.75, 3.05) is 30.4 Å². The normalized spacial score (nSPS) is 12.9. The Balaban J connectivity index is 4.50. The van der Waals surface area contributed by atoms with E-state index in [4.69, 9.17) is 19.8 Å². The van der Waals surface area contributed by atoms with E-state index in [1.165, 1.54) is 88.8 Å². The molecule has 0 aromatic heterocycles. The van der Waals surface area contributed by atoms with Crippen molar-refractivity contribution >= 4 is 39.7 Å². The summed E-state index contributed by atoms with van der Waals surface area (Å²) in [5.74, 6) is -0.949. The number of carbonyl (C=O) groups is 3. The molecule has 0 bridgehead atoms. The van der Waals surface area contributed by atoms with E-state index in [1.807, 2.05) is 0 Å². The number of hydrogen-bond acceptors (Lipinski definition) is 9. The Morgan fingerprint density at radius 1 is 0.711 bits per heavy atom. The summed E-state index contributed by atoms with van der Waals surface area (Å²) in [5, 5.41) is 2.55. The van der Waals surface area contributed by atoms with E-state index in [9.17, 15) is 22.8 Å². The quantitative estimate of drug-likeness (QED) is 0.0394. The lowest BCUT2D eigenvalue weighted by Gasteiger charge is -2.19. The molecule has 0 radical (unpaired) electrons. The molecule has 1 amide bonds. The monoisotopic (exact) mass is 680 g/mol. The van der Waals surface area contributed by atoms with E-state index in [0.29, 0.717) is 18.6 Å². The van der Waals surface area contributed by atoms with Gasteiger partial charge in [-0.25, -0.2) is 0 Å². The zero-order valence-corrected chi connectivity index (χ0v) is 29.9. The molecule has 0 fully saturated rings. The molecule has 0 spiro atoms. The minimum absolute atomic E-state index is 0.0379. The number of thioether (sulfide) groups is 1. The second kappa shape index (κ2) is 30.0. The Morgan fingerprint density at radius 2 is 1.18 bits per heavy atom. The molecule has 0 aliphatic heterocycles. The van der Waals surface area contributed by atoms with Crippen molar-refractivity contribution in [3.8, 4) is 0 Å². The van der Waals surface area contributed by atoms with Gasteiger partial charge in [-0.15, -0.1) is 0 Å². The van der Waals surface area contributed by atoms with Crippen LogP contribution in [0.1, 0.15) is 149 Å². The van der Waals surface area contributed by atoms with Gasteiger partial charge in [0, 0.05) is 30.9 Å². The molecule has 0 unspecified atom stereocenters. The number of rotatable bonds is 32. The SMILES string of the molecule is CCCCCCCCCCCC(=O)OC[C@@H](CSC[C@H](N)C(=O)NCCCS(=O)(=O)O)OC(=O)CCCCCCCCCCC. The Kier molecular flexibility index (Phi) is 29.1.